The van der Waals surface area contributed by atoms with Crippen LogP contribution in [-0.2, 0) is 21.2 Å². The van der Waals surface area contributed by atoms with E-state index in [0.29, 0.717) is 33.7 Å². The van der Waals surface area contributed by atoms with E-state index in [9.17, 15) is 13.2 Å². The van der Waals surface area contributed by atoms with Crippen LogP contribution < -0.4 is 11.1 Å². The zero-order chi connectivity index (χ0) is 17.2. The third-order valence-corrected chi connectivity index (χ3v) is 7.15. The van der Waals surface area contributed by atoms with Crippen LogP contribution in [0.25, 0.3) is 0 Å². The predicted molar refractivity (Wildman–Crippen MR) is 101 cm³/mol. The summed E-state index contributed by atoms with van der Waals surface area (Å²) in [6.07, 6.45) is 3.39. The number of hydrogen-bond acceptors (Lipinski definition) is 6. The molecule has 0 bridgehead atoms. The Morgan fingerprint density at radius 1 is 1.24 bits per heavy atom. The first kappa shape index (κ1) is 19.6. The molecule has 0 radical (unpaired) electrons. The Labute approximate surface area is 156 Å². The highest BCUT2D eigenvalue weighted by atomic mass is 35.5. The molecular formula is C15H19ClN4O3S2. The van der Waals surface area contributed by atoms with Gasteiger partial charge in [-0.3, -0.25) is 4.79 Å². The minimum absolute atomic E-state index is 0. The van der Waals surface area contributed by atoms with Crippen LogP contribution in [0.3, 0.4) is 0 Å². The van der Waals surface area contributed by atoms with Gasteiger partial charge in [0.25, 0.3) is 10.0 Å². The highest BCUT2D eigenvalue weighted by Gasteiger charge is 2.28. The van der Waals surface area contributed by atoms with Gasteiger partial charge in [-0.25, -0.2) is 13.4 Å². The smallest absolute Gasteiger partial charge is 0.252 e. The van der Waals surface area contributed by atoms with Crippen molar-refractivity contribution in [1.82, 2.24) is 9.29 Å². The molecule has 1 amide bonds. The molecule has 3 heterocycles. The third-order valence-electron chi connectivity index (χ3n) is 3.70. The summed E-state index contributed by atoms with van der Waals surface area (Å²) < 4.78 is 26.7. The number of aromatic nitrogens is 1. The van der Waals surface area contributed by atoms with Crippen molar-refractivity contribution in [2.24, 2.45) is 0 Å². The van der Waals surface area contributed by atoms with E-state index in [1.165, 1.54) is 10.5 Å². The molecule has 1 aliphatic heterocycles. The molecular weight excluding hydrogens is 384 g/mol. The van der Waals surface area contributed by atoms with E-state index in [0.717, 1.165) is 24.2 Å². The number of amides is 1. The standard InChI is InChI=1S/C15H18N4O3S2.ClH/c16-13-5-3-11(10-17-13)18-14(20)9-12-4-6-15(23-12)24(21,22)19-7-1-2-8-19;/h3-6,10H,1-2,7-9H2,(H2,16,17)(H,18,20);1H. The van der Waals surface area contributed by atoms with E-state index >= 15 is 0 Å². The number of thiophene rings is 1. The molecule has 1 saturated heterocycles. The Bertz CT molecular complexity index is 831. The summed E-state index contributed by atoms with van der Waals surface area (Å²) in [5.74, 6) is 0.150. The van der Waals surface area contributed by atoms with Gasteiger partial charge in [-0.05, 0) is 37.1 Å². The Morgan fingerprint density at radius 2 is 1.96 bits per heavy atom. The van der Waals surface area contributed by atoms with Crippen LogP contribution in [0.5, 0.6) is 0 Å². The van der Waals surface area contributed by atoms with Gasteiger partial charge in [0, 0.05) is 18.0 Å². The molecule has 3 rings (SSSR count). The number of nitrogens with one attached hydrogen (secondary N) is 1. The number of nitrogens with two attached hydrogens (primary N) is 1. The first-order valence-corrected chi connectivity index (χ1v) is 9.81. The summed E-state index contributed by atoms with van der Waals surface area (Å²) in [5, 5.41) is 2.71. The number of hydrogen-bond donors (Lipinski definition) is 2. The highest BCUT2D eigenvalue weighted by Crippen LogP contribution is 2.27. The number of anilines is 2. The third kappa shape index (κ3) is 4.69. The molecule has 0 saturated carbocycles. The Hall–Kier alpha value is -1.68. The summed E-state index contributed by atoms with van der Waals surface area (Å²) in [6.45, 7) is 1.14. The number of halogens is 1. The number of rotatable bonds is 5. The predicted octanol–water partition coefficient (Wildman–Crippen LogP) is 2.11. The van der Waals surface area contributed by atoms with Crippen LogP contribution in [-0.4, -0.2) is 36.7 Å². The number of pyridine rings is 1. The van der Waals surface area contributed by atoms with Crippen LogP contribution in [0.2, 0.25) is 0 Å². The van der Waals surface area contributed by atoms with Crippen LogP contribution in [0.15, 0.2) is 34.7 Å². The zero-order valence-electron chi connectivity index (χ0n) is 13.3. The Kier molecular flexibility index (Phi) is 6.39. The lowest BCUT2D eigenvalue weighted by molar-refractivity contribution is -0.115. The summed E-state index contributed by atoms with van der Waals surface area (Å²) in [5.41, 5.74) is 6.04. The van der Waals surface area contributed by atoms with Gasteiger partial charge >= 0.3 is 0 Å². The molecule has 0 atom stereocenters. The largest absolute Gasteiger partial charge is 0.384 e. The first-order valence-electron chi connectivity index (χ1n) is 7.55. The molecule has 1 fully saturated rings. The van der Waals surface area contributed by atoms with Crippen molar-refractivity contribution < 1.29 is 13.2 Å². The summed E-state index contributed by atoms with van der Waals surface area (Å²) >= 11 is 1.14. The van der Waals surface area contributed by atoms with E-state index in [1.54, 1.807) is 24.3 Å². The van der Waals surface area contributed by atoms with E-state index in [2.05, 4.69) is 10.3 Å². The maximum absolute atomic E-state index is 12.5. The fourth-order valence-corrected chi connectivity index (χ4v) is 5.52. The fourth-order valence-electron chi connectivity index (χ4n) is 2.49. The Balaban J connectivity index is 0.00000225. The quantitative estimate of drug-likeness (QED) is 0.796. The second kappa shape index (κ2) is 8.13. The molecule has 3 N–H and O–H groups in total. The van der Waals surface area contributed by atoms with E-state index in [-0.39, 0.29) is 24.7 Å². The van der Waals surface area contributed by atoms with Crippen LogP contribution >= 0.6 is 23.7 Å². The van der Waals surface area contributed by atoms with Gasteiger partial charge in [0.05, 0.1) is 18.3 Å². The molecule has 0 unspecified atom stereocenters. The minimum atomic E-state index is -3.42. The van der Waals surface area contributed by atoms with Crippen molar-refractivity contribution in [3.8, 4) is 0 Å². The SMILES string of the molecule is Cl.Nc1ccc(NC(=O)Cc2ccc(S(=O)(=O)N3CCCC3)s2)cn1. The number of carbonyl (C=O) groups excluding carboxylic acids is 1. The number of nitrogen functional groups attached to an aromatic ring is 1. The average molecular weight is 403 g/mol. The monoisotopic (exact) mass is 402 g/mol. The van der Waals surface area contributed by atoms with Crippen molar-refractivity contribution in [3.63, 3.8) is 0 Å². The number of nitrogens with zero attached hydrogens (tertiary/aromatic N) is 2. The lowest BCUT2D eigenvalue weighted by Gasteiger charge is -2.13. The number of sulfonamides is 1. The normalized spacial score (nSPS) is 14.9. The maximum Gasteiger partial charge on any atom is 0.252 e. The van der Waals surface area contributed by atoms with E-state index in [4.69, 9.17) is 5.73 Å². The van der Waals surface area contributed by atoms with Gasteiger partial charge < -0.3 is 11.1 Å². The molecule has 2 aromatic heterocycles. The fraction of sp³-hybridized carbons (Fsp3) is 0.333. The van der Waals surface area contributed by atoms with Gasteiger partial charge in [0.1, 0.15) is 10.0 Å². The van der Waals surface area contributed by atoms with Gasteiger partial charge in [-0.1, -0.05) is 0 Å². The summed E-state index contributed by atoms with van der Waals surface area (Å²) in [6, 6.07) is 6.53. The first-order chi connectivity index (χ1) is 11.4. The van der Waals surface area contributed by atoms with Crippen LogP contribution in [0.1, 0.15) is 17.7 Å². The molecule has 136 valence electrons. The molecule has 0 aromatic carbocycles. The summed E-state index contributed by atoms with van der Waals surface area (Å²) in [7, 11) is -3.42. The minimum Gasteiger partial charge on any atom is -0.384 e. The molecule has 0 spiro atoms. The van der Waals surface area contributed by atoms with Crippen LogP contribution in [0, 0.1) is 0 Å². The van der Waals surface area contributed by atoms with Gasteiger partial charge in [-0.15, -0.1) is 23.7 Å². The molecule has 7 nitrogen and oxygen atoms in total. The molecule has 2 aromatic rings. The van der Waals surface area contributed by atoms with Gasteiger partial charge in [0.2, 0.25) is 5.91 Å². The van der Waals surface area contributed by atoms with Crippen molar-refractivity contribution >= 4 is 51.2 Å². The molecule has 1 aliphatic rings. The second-order valence-electron chi connectivity index (χ2n) is 5.53. The molecule has 0 aliphatic carbocycles. The topological polar surface area (TPSA) is 105 Å². The maximum atomic E-state index is 12.5. The van der Waals surface area contributed by atoms with Crippen LogP contribution in [0.4, 0.5) is 11.5 Å². The second-order valence-corrected chi connectivity index (χ2v) is 8.86. The zero-order valence-corrected chi connectivity index (χ0v) is 15.8. The van der Waals surface area contributed by atoms with E-state index in [1.807, 2.05) is 0 Å². The van der Waals surface area contributed by atoms with Crippen molar-refractivity contribution in [3.05, 3.63) is 35.3 Å². The summed E-state index contributed by atoms with van der Waals surface area (Å²) in [4.78, 5) is 16.7. The van der Waals surface area contributed by atoms with Gasteiger partial charge in [0.15, 0.2) is 0 Å². The van der Waals surface area contributed by atoms with Gasteiger partial charge in [-0.2, -0.15) is 4.31 Å². The van der Waals surface area contributed by atoms with E-state index < -0.39 is 10.0 Å². The van der Waals surface area contributed by atoms with Crippen molar-refractivity contribution in [1.29, 1.82) is 0 Å². The molecule has 25 heavy (non-hydrogen) atoms. The van der Waals surface area contributed by atoms with Crippen molar-refractivity contribution in [2.45, 2.75) is 23.5 Å². The average Bonchev–Trinajstić information content (AvgIpc) is 3.21. The molecule has 10 heteroatoms. The van der Waals surface area contributed by atoms with Crippen molar-refractivity contribution in [2.75, 3.05) is 24.1 Å². The number of carbonyl (C=O) groups is 1. The highest BCUT2D eigenvalue weighted by molar-refractivity contribution is 7.91. The Morgan fingerprint density at radius 3 is 2.60 bits per heavy atom. The lowest BCUT2D eigenvalue weighted by Crippen LogP contribution is -2.27. The lowest BCUT2D eigenvalue weighted by atomic mass is 10.3.